The smallest absolute Gasteiger partial charge is 0.0589 e. The van der Waals surface area contributed by atoms with Gasteiger partial charge in [-0.2, -0.15) is 12.6 Å². The van der Waals surface area contributed by atoms with E-state index in [0.717, 1.165) is 24.8 Å². The van der Waals surface area contributed by atoms with Gasteiger partial charge in [-0.1, -0.05) is 13.8 Å². The molecule has 0 fully saturated rings. The summed E-state index contributed by atoms with van der Waals surface area (Å²) in [4.78, 5) is 2.48. The number of nitrogens with zero attached hydrogens (tertiary/aromatic N) is 1. The number of unbranched alkanes of at least 4 members (excludes halogenated alkanes) is 1. The molecule has 0 aliphatic heterocycles. The summed E-state index contributed by atoms with van der Waals surface area (Å²) in [5, 5.41) is 0. The Balaban J connectivity index is 3.61. The summed E-state index contributed by atoms with van der Waals surface area (Å²) in [6, 6.07) is 0. The van der Waals surface area contributed by atoms with E-state index in [2.05, 4.69) is 31.4 Å². The van der Waals surface area contributed by atoms with Crippen LogP contribution >= 0.6 is 12.6 Å². The van der Waals surface area contributed by atoms with Gasteiger partial charge in [0.05, 0.1) is 6.61 Å². The molecule has 0 rings (SSSR count). The van der Waals surface area contributed by atoms with Crippen LogP contribution in [0.5, 0.6) is 0 Å². The van der Waals surface area contributed by atoms with Crippen LogP contribution in [-0.4, -0.2) is 44.0 Å². The maximum atomic E-state index is 5.10. The molecule has 0 unspecified atom stereocenters. The predicted octanol–water partition coefficient (Wildman–Crippen LogP) is 2.30. The number of thiol groups is 1. The third kappa shape index (κ3) is 8.85. The van der Waals surface area contributed by atoms with Crippen LogP contribution in [0, 0.1) is 5.92 Å². The highest BCUT2D eigenvalue weighted by molar-refractivity contribution is 7.80. The zero-order chi connectivity index (χ0) is 10.8. The minimum absolute atomic E-state index is 0.739. The molecule has 14 heavy (non-hydrogen) atoms. The van der Waals surface area contributed by atoms with Crippen LogP contribution in [0.4, 0.5) is 0 Å². The quantitative estimate of drug-likeness (QED) is 0.472. The summed E-state index contributed by atoms with van der Waals surface area (Å²) in [7, 11) is 1.77. The van der Waals surface area contributed by atoms with Crippen LogP contribution < -0.4 is 0 Å². The van der Waals surface area contributed by atoms with Crippen molar-refractivity contribution in [2.75, 3.05) is 39.1 Å². The van der Waals surface area contributed by atoms with E-state index in [9.17, 15) is 0 Å². The van der Waals surface area contributed by atoms with Gasteiger partial charge in [-0.15, -0.1) is 0 Å². The van der Waals surface area contributed by atoms with Crippen molar-refractivity contribution in [3.63, 3.8) is 0 Å². The third-order valence-corrected chi connectivity index (χ3v) is 2.43. The zero-order valence-corrected chi connectivity index (χ0v) is 10.7. The second kappa shape index (κ2) is 9.81. The van der Waals surface area contributed by atoms with E-state index in [-0.39, 0.29) is 0 Å². The van der Waals surface area contributed by atoms with Gasteiger partial charge >= 0.3 is 0 Å². The molecule has 0 saturated heterocycles. The van der Waals surface area contributed by atoms with Crippen LogP contribution in [0.25, 0.3) is 0 Å². The van der Waals surface area contributed by atoms with Crippen LogP contribution in [-0.2, 0) is 4.74 Å². The molecular weight excluding hydrogens is 194 g/mol. The molecule has 0 N–H and O–H groups in total. The highest BCUT2D eigenvalue weighted by Crippen LogP contribution is 2.02. The average molecular weight is 219 g/mol. The maximum absolute atomic E-state index is 5.10. The van der Waals surface area contributed by atoms with E-state index >= 15 is 0 Å². The molecule has 0 heterocycles. The Labute approximate surface area is 94.4 Å². The van der Waals surface area contributed by atoms with Crippen molar-refractivity contribution < 1.29 is 4.74 Å². The van der Waals surface area contributed by atoms with Gasteiger partial charge in [-0.05, 0) is 31.1 Å². The molecule has 0 aliphatic rings. The molecule has 0 bridgehead atoms. The van der Waals surface area contributed by atoms with Gasteiger partial charge in [-0.3, -0.25) is 0 Å². The minimum Gasteiger partial charge on any atom is -0.383 e. The number of hydrogen-bond donors (Lipinski definition) is 1. The summed E-state index contributed by atoms with van der Waals surface area (Å²) < 4.78 is 5.10. The standard InChI is InChI=1S/C11H25NOS/c1-11(2)10-12(7-8-13-3)6-4-5-9-14/h11,14H,4-10H2,1-3H3. The topological polar surface area (TPSA) is 12.5 Å². The summed E-state index contributed by atoms with van der Waals surface area (Å²) in [5.74, 6) is 1.74. The fourth-order valence-electron chi connectivity index (χ4n) is 1.48. The summed E-state index contributed by atoms with van der Waals surface area (Å²) in [6.45, 7) is 8.78. The summed E-state index contributed by atoms with van der Waals surface area (Å²) in [5.41, 5.74) is 0. The first-order valence-corrected chi connectivity index (χ1v) is 6.16. The first-order valence-electron chi connectivity index (χ1n) is 5.52. The lowest BCUT2D eigenvalue weighted by atomic mass is 10.2. The molecule has 0 radical (unpaired) electrons. The van der Waals surface area contributed by atoms with Crippen molar-refractivity contribution >= 4 is 12.6 Å². The molecule has 0 aromatic rings. The summed E-state index contributed by atoms with van der Waals surface area (Å²) >= 11 is 4.22. The normalized spacial score (nSPS) is 11.6. The van der Waals surface area contributed by atoms with Crippen molar-refractivity contribution in [1.29, 1.82) is 0 Å². The molecular formula is C11H25NOS. The first kappa shape index (κ1) is 14.3. The molecule has 0 saturated carbocycles. The number of hydrogen-bond acceptors (Lipinski definition) is 3. The van der Waals surface area contributed by atoms with E-state index in [1.807, 2.05) is 0 Å². The van der Waals surface area contributed by atoms with Gasteiger partial charge in [0.15, 0.2) is 0 Å². The van der Waals surface area contributed by atoms with Crippen molar-refractivity contribution in [1.82, 2.24) is 4.90 Å². The molecule has 86 valence electrons. The lowest BCUT2D eigenvalue weighted by Crippen LogP contribution is -2.32. The predicted molar refractivity (Wildman–Crippen MR) is 66.2 cm³/mol. The molecule has 0 aromatic heterocycles. The van der Waals surface area contributed by atoms with Gasteiger partial charge in [0.2, 0.25) is 0 Å². The van der Waals surface area contributed by atoms with Crippen LogP contribution in [0.2, 0.25) is 0 Å². The van der Waals surface area contributed by atoms with Crippen LogP contribution in [0.15, 0.2) is 0 Å². The maximum Gasteiger partial charge on any atom is 0.0589 e. The van der Waals surface area contributed by atoms with Crippen molar-refractivity contribution in [2.24, 2.45) is 5.92 Å². The van der Waals surface area contributed by atoms with Crippen LogP contribution in [0.3, 0.4) is 0 Å². The van der Waals surface area contributed by atoms with Crippen molar-refractivity contribution in [2.45, 2.75) is 26.7 Å². The molecule has 0 amide bonds. The molecule has 3 heteroatoms. The van der Waals surface area contributed by atoms with Gasteiger partial charge < -0.3 is 9.64 Å². The lowest BCUT2D eigenvalue weighted by Gasteiger charge is -2.23. The van der Waals surface area contributed by atoms with E-state index in [4.69, 9.17) is 4.74 Å². The Hall–Kier alpha value is 0.270. The number of rotatable bonds is 9. The Morgan fingerprint density at radius 2 is 1.93 bits per heavy atom. The Morgan fingerprint density at radius 1 is 1.21 bits per heavy atom. The fourth-order valence-corrected chi connectivity index (χ4v) is 1.70. The second-order valence-electron chi connectivity index (χ2n) is 4.12. The van der Waals surface area contributed by atoms with E-state index < -0.39 is 0 Å². The highest BCUT2D eigenvalue weighted by Gasteiger charge is 2.06. The van der Waals surface area contributed by atoms with E-state index in [0.29, 0.717) is 0 Å². The monoisotopic (exact) mass is 219 g/mol. The number of ether oxygens (including phenoxy) is 1. The highest BCUT2D eigenvalue weighted by atomic mass is 32.1. The molecule has 0 spiro atoms. The SMILES string of the molecule is COCCN(CCCCS)CC(C)C. The Bertz CT molecular complexity index is 120. The molecule has 0 atom stereocenters. The lowest BCUT2D eigenvalue weighted by molar-refractivity contribution is 0.139. The molecule has 0 aromatic carbocycles. The van der Waals surface area contributed by atoms with E-state index in [1.165, 1.54) is 25.9 Å². The van der Waals surface area contributed by atoms with Crippen molar-refractivity contribution in [3.8, 4) is 0 Å². The van der Waals surface area contributed by atoms with Gasteiger partial charge in [0, 0.05) is 20.2 Å². The second-order valence-corrected chi connectivity index (χ2v) is 4.57. The third-order valence-electron chi connectivity index (χ3n) is 2.12. The zero-order valence-electron chi connectivity index (χ0n) is 9.83. The number of methoxy groups -OCH3 is 1. The molecule has 0 aliphatic carbocycles. The van der Waals surface area contributed by atoms with Crippen molar-refractivity contribution in [3.05, 3.63) is 0 Å². The minimum atomic E-state index is 0.739. The van der Waals surface area contributed by atoms with Gasteiger partial charge in [0.1, 0.15) is 0 Å². The van der Waals surface area contributed by atoms with E-state index in [1.54, 1.807) is 7.11 Å². The largest absolute Gasteiger partial charge is 0.383 e. The first-order chi connectivity index (χ1) is 6.70. The summed E-state index contributed by atoms with van der Waals surface area (Å²) in [6.07, 6.45) is 2.46. The Morgan fingerprint density at radius 3 is 2.43 bits per heavy atom. The molecule has 2 nitrogen and oxygen atoms in total. The van der Waals surface area contributed by atoms with Crippen LogP contribution in [0.1, 0.15) is 26.7 Å². The Kier molecular flexibility index (Phi) is 10.0. The fraction of sp³-hybridized carbons (Fsp3) is 1.00. The van der Waals surface area contributed by atoms with Gasteiger partial charge in [-0.25, -0.2) is 0 Å². The average Bonchev–Trinajstić information content (AvgIpc) is 2.13. The van der Waals surface area contributed by atoms with Gasteiger partial charge in [0.25, 0.3) is 0 Å².